The number of para-hydroxylation sites is 1. The zero-order chi connectivity index (χ0) is 34.8. The van der Waals surface area contributed by atoms with Gasteiger partial charge >= 0.3 is 5.97 Å². The molecule has 1 heterocycles. The number of H-pyrrole nitrogens is 1. The standard InChI is InChI=1S/C36H42N6O6/c1-21(2)16-30(35(47)40-29(33(38)45)17-22-12-14-24(15-13-22)23-8-4-3-5-9-23)42-36(48)31(41-34(46)27(37)19-32(43)44)18-25-20-39-28-11-7-6-10-26(25)28/h3-15,20-21,27,29-31,39H,16-19,37H2,1-2H3,(H2,38,45)(H,40,47)(H,41,46)(H,42,48)(H,43,44)/t27-,29-,30-,31-/m0/s1. The monoisotopic (exact) mass is 654 g/mol. The summed E-state index contributed by atoms with van der Waals surface area (Å²) in [4.78, 5) is 67.0. The molecular weight excluding hydrogens is 612 g/mol. The fourth-order valence-electron chi connectivity index (χ4n) is 5.46. The van der Waals surface area contributed by atoms with Gasteiger partial charge in [0.15, 0.2) is 0 Å². The number of hydrogen-bond acceptors (Lipinski definition) is 6. The Balaban J connectivity index is 1.51. The smallest absolute Gasteiger partial charge is 0.305 e. The minimum Gasteiger partial charge on any atom is -0.481 e. The lowest BCUT2D eigenvalue weighted by molar-refractivity contribution is -0.139. The van der Waals surface area contributed by atoms with Crippen LogP contribution in [0.3, 0.4) is 0 Å². The summed E-state index contributed by atoms with van der Waals surface area (Å²) in [7, 11) is 0. The Hall–Kier alpha value is -5.49. The summed E-state index contributed by atoms with van der Waals surface area (Å²) in [5.74, 6) is -4.15. The molecule has 0 unspecified atom stereocenters. The van der Waals surface area contributed by atoms with E-state index in [9.17, 15) is 24.0 Å². The van der Waals surface area contributed by atoms with Crippen molar-refractivity contribution in [3.05, 3.63) is 96.2 Å². The SMILES string of the molecule is CC(C)C[C@H](NC(=O)[C@H](Cc1c[nH]c2ccccc12)NC(=O)[C@@H](N)CC(=O)O)C(=O)N[C@@H](Cc1ccc(-c2ccccc2)cc1)C(N)=O. The second kappa shape index (κ2) is 16.4. The highest BCUT2D eigenvalue weighted by Crippen LogP contribution is 2.21. The molecule has 0 aliphatic rings. The number of primary amides is 1. The van der Waals surface area contributed by atoms with Crippen LogP contribution >= 0.6 is 0 Å². The van der Waals surface area contributed by atoms with Gasteiger partial charge in [-0.3, -0.25) is 24.0 Å². The second-order valence-corrected chi connectivity index (χ2v) is 12.3. The molecule has 3 aromatic carbocycles. The van der Waals surface area contributed by atoms with Crippen LogP contribution in [0.15, 0.2) is 85.1 Å². The number of carboxylic acid groups (broad SMARTS) is 1. The molecule has 4 rings (SSSR count). The van der Waals surface area contributed by atoms with E-state index in [-0.39, 0.29) is 25.2 Å². The van der Waals surface area contributed by atoms with Crippen molar-refractivity contribution in [2.24, 2.45) is 17.4 Å². The quantitative estimate of drug-likeness (QED) is 0.0958. The molecule has 0 fully saturated rings. The third-order valence-electron chi connectivity index (χ3n) is 7.96. The van der Waals surface area contributed by atoms with E-state index in [0.29, 0.717) is 0 Å². The molecule has 0 aliphatic carbocycles. The summed E-state index contributed by atoms with van der Waals surface area (Å²) in [6.45, 7) is 3.75. The predicted octanol–water partition coefficient (Wildman–Crippen LogP) is 2.41. The molecule has 12 heteroatoms. The van der Waals surface area contributed by atoms with E-state index in [2.05, 4.69) is 20.9 Å². The van der Waals surface area contributed by atoms with Gasteiger partial charge < -0.3 is 37.5 Å². The van der Waals surface area contributed by atoms with Crippen molar-refractivity contribution in [1.82, 2.24) is 20.9 Å². The zero-order valence-corrected chi connectivity index (χ0v) is 26.9. The molecule has 9 N–H and O–H groups in total. The fraction of sp³-hybridized carbons (Fsp3) is 0.306. The maximum absolute atomic E-state index is 13.8. The van der Waals surface area contributed by atoms with Gasteiger partial charge in [0, 0.05) is 29.9 Å². The molecule has 4 atom stereocenters. The van der Waals surface area contributed by atoms with Crippen LogP contribution in [0.4, 0.5) is 0 Å². The fourth-order valence-corrected chi connectivity index (χ4v) is 5.46. The summed E-state index contributed by atoms with van der Waals surface area (Å²) in [6, 6.07) is 20.1. The number of nitrogens with two attached hydrogens (primary N) is 2. The van der Waals surface area contributed by atoms with Crippen LogP contribution in [0.5, 0.6) is 0 Å². The van der Waals surface area contributed by atoms with Crippen molar-refractivity contribution in [3.8, 4) is 11.1 Å². The molecule has 252 valence electrons. The van der Waals surface area contributed by atoms with E-state index < -0.39 is 60.2 Å². The first kappa shape index (κ1) is 35.4. The lowest BCUT2D eigenvalue weighted by Crippen LogP contribution is -2.58. The van der Waals surface area contributed by atoms with Crippen molar-refractivity contribution in [2.75, 3.05) is 0 Å². The van der Waals surface area contributed by atoms with Gasteiger partial charge in [0.2, 0.25) is 23.6 Å². The van der Waals surface area contributed by atoms with Crippen molar-refractivity contribution in [2.45, 2.75) is 63.7 Å². The average molecular weight is 655 g/mol. The van der Waals surface area contributed by atoms with E-state index in [4.69, 9.17) is 16.6 Å². The average Bonchev–Trinajstić information content (AvgIpc) is 3.46. The van der Waals surface area contributed by atoms with Crippen molar-refractivity contribution in [1.29, 1.82) is 0 Å². The Morgan fingerprint density at radius 3 is 1.96 bits per heavy atom. The Bertz CT molecular complexity index is 1740. The third-order valence-corrected chi connectivity index (χ3v) is 7.96. The number of benzene rings is 3. The lowest BCUT2D eigenvalue weighted by atomic mass is 9.98. The number of rotatable bonds is 16. The number of carboxylic acids is 1. The van der Waals surface area contributed by atoms with Gasteiger partial charge in [-0.15, -0.1) is 0 Å². The number of fused-ring (bicyclic) bond motifs is 1. The normalized spacial score (nSPS) is 13.7. The highest BCUT2D eigenvalue weighted by Gasteiger charge is 2.31. The number of amides is 4. The third kappa shape index (κ3) is 9.76. The van der Waals surface area contributed by atoms with Gasteiger partial charge in [-0.2, -0.15) is 0 Å². The Morgan fingerprint density at radius 2 is 1.31 bits per heavy atom. The molecule has 1 aromatic heterocycles. The highest BCUT2D eigenvalue weighted by molar-refractivity contribution is 5.96. The molecule has 0 bridgehead atoms. The predicted molar refractivity (Wildman–Crippen MR) is 182 cm³/mol. The first-order valence-electron chi connectivity index (χ1n) is 15.8. The van der Waals surface area contributed by atoms with E-state index in [1.165, 1.54) is 0 Å². The molecule has 0 radical (unpaired) electrons. The molecule has 0 saturated carbocycles. The summed E-state index contributed by atoms with van der Waals surface area (Å²) >= 11 is 0. The summed E-state index contributed by atoms with van der Waals surface area (Å²) in [5.41, 5.74) is 15.8. The number of aromatic amines is 1. The summed E-state index contributed by atoms with van der Waals surface area (Å²) < 4.78 is 0. The highest BCUT2D eigenvalue weighted by atomic mass is 16.4. The first-order valence-corrected chi connectivity index (χ1v) is 15.8. The van der Waals surface area contributed by atoms with Crippen LogP contribution in [0.2, 0.25) is 0 Å². The lowest BCUT2D eigenvalue weighted by Gasteiger charge is -2.26. The molecule has 0 spiro atoms. The molecule has 0 aliphatic heterocycles. The van der Waals surface area contributed by atoms with Gasteiger partial charge in [-0.25, -0.2) is 0 Å². The molecule has 4 amide bonds. The number of carbonyl (C=O) groups is 5. The van der Waals surface area contributed by atoms with E-state index >= 15 is 0 Å². The van der Waals surface area contributed by atoms with Crippen LogP contribution in [-0.2, 0) is 36.8 Å². The summed E-state index contributed by atoms with van der Waals surface area (Å²) in [5, 5.41) is 18.0. The minimum absolute atomic E-state index is 0.0281. The van der Waals surface area contributed by atoms with Crippen molar-refractivity contribution >= 4 is 40.5 Å². The number of aliphatic carboxylic acids is 1. The maximum atomic E-state index is 13.8. The zero-order valence-electron chi connectivity index (χ0n) is 26.9. The molecule has 12 nitrogen and oxygen atoms in total. The van der Waals surface area contributed by atoms with E-state index in [0.717, 1.165) is 33.2 Å². The molecule has 48 heavy (non-hydrogen) atoms. The van der Waals surface area contributed by atoms with E-state index in [1.54, 1.807) is 6.20 Å². The van der Waals surface area contributed by atoms with Crippen LogP contribution in [0, 0.1) is 5.92 Å². The number of nitrogens with one attached hydrogen (secondary N) is 4. The van der Waals surface area contributed by atoms with Crippen LogP contribution in [0.25, 0.3) is 22.0 Å². The minimum atomic E-state index is -1.39. The van der Waals surface area contributed by atoms with Gasteiger partial charge in [-0.1, -0.05) is 86.6 Å². The molecule has 4 aromatic rings. The van der Waals surface area contributed by atoms with Crippen LogP contribution in [-0.4, -0.2) is 63.9 Å². The van der Waals surface area contributed by atoms with E-state index in [1.807, 2.05) is 92.7 Å². The molecule has 0 saturated heterocycles. The maximum Gasteiger partial charge on any atom is 0.305 e. The van der Waals surface area contributed by atoms with Crippen molar-refractivity contribution in [3.63, 3.8) is 0 Å². The Kier molecular flexibility index (Phi) is 12.1. The topological polar surface area (TPSA) is 210 Å². The van der Waals surface area contributed by atoms with Gasteiger partial charge in [0.1, 0.15) is 18.1 Å². The van der Waals surface area contributed by atoms with Crippen LogP contribution < -0.4 is 27.4 Å². The van der Waals surface area contributed by atoms with Gasteiger partial charge in [0.05, 0.1) is 12.5 Å². The number of hydrogen-bond donors (Lipinski definition) is 7. The van der Waals surface area contributed by atoms with Gasteiger partial charge in [-0.05, 0) is 40.7 Å². The van der Waals surface area contributed by atoms with Crippen LogP contribution in [0.1, 0.15) is 37.8 Å². The van der Waals surface area contributed by atoms with Crippen molar-refractivity contribution < 1.29 is 29.1 Å². The summed E-state index contributed by atoms with van der Waals surface area (Å²) in [6.07, 6.45) is 1.48. The number of aromatic nitrogens is 1. The first-order chi connectivity index (χ1) is 22.9. The Labute approximate surface area is 278 Å². The van der Waals surface area contributed by atoms with Gasteiger partial charge in [0.25, 0.3) is 0 Å². The molecular formula is C36H42N6O6. The number of carbonyl (C=O) groups excluding carboxylic acids is 4. The Morgan fingerprint density at radius 1 is 0.729 bits per heavy atom. The largest absolute Gasteiger partial charge is 0.481 e. The second-order valence-electron chi connectivity index (χ2n) is 12.3.